The van der Waals surface area contributed by atoms with Gasteiger partial charge in [-0.15, -0.1) is 0 Å². The molecule has 0 rings (SSSR count). The highest BCUT2D eigenvalue weighted by Crippen LogP contribution is 2.33. The van der Waals surface area contributed by atoms with Gasteiger partial charge in [0.2, 0.25) is 0 Å². The van der Waals surface area contributed by atoms with Crippen LogP contribution < -0.4 is 5.32 Å². The van der Waals surface area contributed by atoms with Gasteiger partial charge in [0, 0.05) is 11.3 Å². The van der Waals surface area contributed by atoms with Crippen molar-refractivity contribution in [3.05, 3.63) is 0 Å². The van der Waals surface area contributed by atoms with Crippen LogP contribution in [0.3, 0.4) is 0 Å². The molecule has 0 heterocycles. The second-order valence-electron chi connectivity index (χ2n) is 7.68. The van der Waals surface area contributed by atoms with Gasteiger partial charge in [0.15, 0.2) is 0 Å². The Morgan fingerprint density at radius 1 is 1.06 bits per heavy atom. The first-order valence-corrected chi connectivity index (χ1v) is 7.27. The van der Waals surface area contributed by atoms with Crippen molar-refractivity contribution in [1.29, 1.82) is 0 Å². The van der Waals surface area contributed by atoms with E-state index in [1.54, 1.807) is 0 Å². The van der Waals surface area contributed by atoms with Crippen LogP contribution >= 0.6 is 0 Å². The molecule has 1 atom stereocenters. The van der Waals surface area contributed by atoms with E-state index in [9.17, 15) is 4.79 Å². The second kappa shape index (κ2) is 7.28. The first-order valence-electron chi connectivity index (χ1n) is 7.27. The van der Waals surface area contributed by atoms with E-state index in [1.807, 2.05) is 27.8 Å². The lowest BCUT2D eigenvalue weighted by molar-refractivity contribution is -0.131. The van der Waals surface area contributed by atoms with Gasteiger partial charge in [-0.05, 0) is 38.3 Å². The molecule has 0 saturated carbocycles. The highest BCUT2D eigenvalue weighted by atomic mass is 16.1. The van der Waals surface area contributed by atoms with Crippen molar-refractivity contribution in [3.63, 3.8) is 0 Å². The number of carbonyl (C=O) groups is 1. The minimum atomic E-state index is -0.209. The average molecular weight is 255 g/mol. The van der Waals surface area contributed by atoms with E-state index in [0.717, 1.165) is 32.2 Å². The number of hydrogen-bond acceptors (Lipinski definition) is 2. The number of hydrogen-bond donors (Lipinski definition) is 1. The Morgan fingerprint density at radius 3 is 2.00 bits per heavy atom. The molecule has 0 saturated heterocycles. The number of Topliss-reactive ketones (excluding diaryl/α,β-unsaturated/α-hetero) is 1. The minimum absolute atomic E-state index is 0.209. The van der Waals surface area contributed by atoms with Crippen molar-refractivity contribution < 1.29 is 4.79 Å². The molecule has 0 aliphatic carbocycles. The fraction of sp³-hybridized carbons (Fsp3) is 0.938. The third-order valence-electron chi connectivity index (χ3n) is 3.20. The molecule has 0 spiro atoms. The van der Waals surface area contributed by atoms with E-state index >= 15 is 0 Å². The Morgan fingerprint density at radius 2 is 1.61 bits per heavy atom. The molecule has 1 unspecified atom stereocenters. The summed E-state index contributed by atoms with van der Waals surface area (Å²) in [6.07, 6.45) is 4.34. The van der Waals surface area contributed by atoms with Crippen molar-refractivity contribution in [2.75, 3.05) is 13.6 Å². The van der Waals surface area contributed by atoms with Crippen LogP contribution in [0.5, 0.6) is 0 Å². The van der Waals surface area contributed by atoms with E-state index in [2.05, 4.69) is 26.1 Å². The maximum absolute atomic E-state index is 12.5. The third-order valence-corrected chi connectivity index (χ3v) is 3.20. The van der Waals surface area contributed by atoms with E-state index in [1.165, 1.54) is 0 Å². The van der Waals surface area contributed by atoms with Gasteiger partial charge in [-0.2, -0.15) is 0 Å². The van der Waals surface area contributed by atoms with E-state index in [4.69, 9.17) is 0 Å². The van der Waals surface area contributed by atoms with Crippen LogP contribution in [-0.4, -0.2) is 19.4 Å². The van der Waals surface area contributed by atoms with Crippen molar-refractivity contribution in [1.82, 2.24) is 5.32 Å². The molecule has 0 aliphatic rings. The molecule has 0 aromatic heterocycles. The first kappa shape index (κ1) is 17.6. The molecule has 0 aromatic carbocycles. The van der Waals surface area contributed by atoms with Crippen LogP contribution in [0.2, 0.25) is 0 Å². The van der Waals surface area contributed by atoms with Gasteiger partial charge in [-0.25, -0.2) is 0 Å². The van der Waals surface area contributed by atoms with Gasteiger partial charge in [0.25, 0.3) is 0 Å². The predicted molar refractivity (Wildman–Crippen MR) is 79.8 cm³/mol. The van der Waals surface area contributed by atoms with Crippen LogP contribution in [-0.2, 0) is 4.79 Å². The van der Waals surface area contributed by atoms with Gasteiger partial charge >= 0.3 is 0 Å². The number of ketones is 1. The van der Waals surface area contributed by atoms with Crippen molar-refractivity contribution in [3.8, 4) is 0 Å². The number of carbonyl (C=O) groups excluding carboxylic acids is 1. The Balaban J connectivity index is 4.49. The fourth-order valence-electron chi connectivity index (χ4n) is 2.37. The molecule has 1 N–H and O–H groups in total. The molecule has 0 fully saturated rings. The summed E-state index contributed by atoms with van der Waals surface area (Å²) < 4.78 is 0. The topological polar surface area (TPSA) is 29.1 Å². The molecule has 0 amide bonds. The molecule has 2 heteroatoms. The standard InChI is InChI=1S/C16H33NO/c1-15(2,3)12-13(10-8-9-11-17-7)14(18)16(4,5)6/h13,17H,8-12H2,1-7H3. The van der Waals surface area contributed by atoms with Crippen molar-refractivity contribution >= 4 is 5.78 Å². The van der Waals surface area contributed by atoms with Gasteiger partial charge in [-0.1, -0.05) is 48.0 Å². The molecule has 2 nitrogen and oxygen atoms in total. The summed E-state index contributed by atoms with van der Waals surface area (Å²) in [5, 5.41) is 3.16. The lowest BCUT2D eigenvalue weighted by atomic mass is 9.74. The Hall–Kier alpha value is -0.370. The Kier molecular flexibility index (Phi) is 7.13. The quantitative estimate of drug-likeness (QED) is 0.696. The number of unbranched alkanes of at least 4 members (excludes halogenated alkanes) is 1. The van der Waals surface area contributed by atoms with Crippen LogP contribution in [0.15, 0.2) is 0 Å². The maximum Gasteiger partial charge on any atom is 0.141 e. The van der Waals surface area contributed by atoms with Gasteiger partial charge < -0.3 is 5.32 Å². The van der Waals surface area contributed by atoms with Crippen LogP contribution in [0.25, 0.3) is 0 Å². The molecule has 108 valence electrons. The zero-order valence-corrected chi connectivity index (χ0v) is 13.5. The minimum Gasteiger partial charge on any atom is -0.320 e. The maximum atomic E-state index is 12.5. The summed E-state index contributed by atoms with van der Waals surface area (Å²) in [6, 6.07) is 0. The molecular weight excluding hydrogens is 222 g/mol. The van der Waals surface area contributed by atoms with Crippen LogP contribution in [0, 0.1) is 16.7 Å². The Labute approximate surface area is 114 Å². The predicted octanol–water partition coefficient (Wildman–Crippen LogP) is 4.04. The zero-order chi connectivity index (χ0) is 14.4. The lowest BCUT2D eigenvalue weighted by Crippen LogP contribution is -2.31. The van der Waals surface area contributed by atoms with Gasteiger partial charge in [0.1, 0.15) is 5.78 Å². The van der Waals surface area contributed by atoms with Gasteiger partial charge in [-0.3, -0.25) is 4.79 Å². The summed E-state index contributed by atoms with van der Waals surface area (Å²) in [5.41, 5.74) is 0.0213. The number of nitrogens with one attached hydrogen (secondary N) is 1. The van der Waals surface area contributed by atoms with Crippen molar-refractivity contribution in [2.45, 2.75) is 67.2 Å². The smallest absolute Gasteiger partial charge is 0.141 e. The summed E-state index contributed by atoms with van der Waals surface area (Å²) >= 11 is 0. The van der Waals surface area contributed by atoms with Crippen LogP contribution in [0.1, 0.15) is 67.2 Å². The number of rotatable bonds is 7. The third kappa shape index (κ3) is 7.86. The van der Waals surface area contributed by atoms with Crippen LogP contribution in [0.4, 0.5) is 0 Å². The van der Waals surface area contributed by atoms with E-state index in [0.29, 0.717) is 5.78 Å². The lowest BCUT2D eigenvalue weighted by Gasteiger charge is -2.30. The summed E-state index contributed by atoms with van der Waals surface area (Å²) in [4.78, 5) is 12.5. The van der Waals surface area contributed by atoms with E-state index in [-0.39, 0.29) is 16.7 Å². The monoisotopic (exact) mass is 255 g/mol. The molecule has 0 bridgehead atoms. The summed E-state index contributed by atoms with van der Waals surface area (Å²) in [7, 11) is 1.98. The SMILES string of the molecule is CNCCCCC(CC(C)(C)C)C(=O)C(C)(C)C. The normalized spacial score (nSPS) is 14.6. The average Bonchev–Trinajstić information content (AvgIpc) is 2.18. The Bertz CT molecular complexity index is 245. The molecular formula is C16H33NO. The largest absolute Gasteiger partial charge is 0.320 e. The zero-order valence-electron chi connectivity index (χ0n) is 13.5. The molecule has 0 radical (unpaired) electrons. The second-order valence-corrected chi connectivity index (χ2v) is 7.68. The first-order chi connectivity index (χ1) is 8.08. The van der Waals surface area contributed by atoms with E-state index < -0.39 is 0 Å². The summed E-state index contributed by atoms with van der Waals surface area (Å²) in [6.45, 7) is 13.8. The fourth-order valence-corrected chi connectivity index (χ4v) is 2.37. The van der Waals surface area contributed by atoms with Crippen molar-refractivity contribution in [2.24, 2.45) is 16.7 Å². The molecule has 0 aliphatic heterocycles. The summed E-state index contributed by atoms with van der Waals surface area (Å²) in [5.74, 6) is 0.656. The highest BCUT2D eigenvalue weighted by Gasteiger charge is 2.31. The molecule has 0 aromatic rings. The molecule has 18 heavy (non-hydrogen) atoms. The van der Waals surface area contributed by atoms with Gasteiger partial charge in [0.05, 0.1) is 0 Å². The highest BCUT2D eigenvalue weighted by molar-refractivity contribution is 5.85.